The summed E-state index contributed by atoms with van der Waals surface area (Å²) in [5, 5.41) is 3.30. The number of benzene rings is 2. The molecule has 2 aliphatic carbocycles. The van der Waals surface area contributed by atoms with Gasteiger partial charge >= 0.3 is 7.60 Å². The van der Waals surface area contributed by atoms with Gasteiger partial charge in [-0.3, -0.25) is 4.57 Å². The summed E-state index contributed by atoms with van der Waals surface area (Å²) >= 11 is 0. The highest BCUT2D eigenvalue weighted by atomic mass is 31.2. The lowest BCUT2D eigenvalue weighted by molar-refractivity contribution is 0.0756. The second-order valence-corrected chi connectivity index (χ2v) is 10.7. The number of rotatable bonds is 8. The van der Waals surface area contributed by atoms with Gasteiger partial charge in [0.2, 0.25) is 0 Å². The van der Waals surface area contributed by atoms with E-state index in [2.05, 4.69) is 5.32 Å². The number of halogens is 1. The van der Waals surface area contributed by atoms with Crippen LogP contribution in [0.1, 0.15) is 75.6 Å². The molecule has 1 atom stereocenters. The molecule has 2 fully saturated rings. The Balaban J connectivity index is 1.70. The molecule has 2 aromatic carbocycles. The van der Waals surface area contributed by atoms with Crippen molar-refractivity contribution in [2.45, 2.75) is 82.2 Å². The number of para-hydroxylation sites is 1. The van der Waals surface area contributed by atoms with E-state index >= 15 is 0 Å². The number of hydrogen-bond acceptors (Lipinski definition) is 4. The van der Waals surface area contributed by atoms with E-state index in [1.165, 1.54) is 18.9 Å². The summed E-state index contributed by atoms with van der Waals surface area (Å²) in [6.07, 6.45) is 9.83. The molecule has 0 amide bonds. The molecule has 1 N–H and O–H groups in total. The minimum absolute atomic E-state index is 0.116. The molecule has 2 aromatic rings. The number of nitrogens with one attached hydrogen (secondary N) is 1. The van der Waals surface area contributed by atoms with Crippen LogP contribution in [0.2, 0.25) is 0 Å². The van der Waals surface area contributed by atoms with Crippen molar-refractivity contribution in [2.75, 3.05) is 5.32 Å². The van der Waals surface area contributed by atoms with E-state index in [1.54, 1.807) is 18.2 Å². The molecule has 2 saturated carbocycles. The van der Waals surface area contributed by atoms with Gasteiger partial charge in [0.15, 0.2) is 5.78 Å². The van der Waals surface area contributed by atoms with E-state index in [-0.39, 0.29) is 12.2 Å². The fraction of sp³-hybridized carbons (Fsp3) is 0.520. The van der Waals surface area contributed by atoms with Crippen LogP contribution in [0.4, 0.5) is 10.1 Å². The van der Waals surface area contributed by atoms with Crippen LogP contribution >= 0.6 is 7.60 Å². The lowest BCUT2D eigenvalue weighted by Gasteiger charge is -2.36. The third-order valence-electron chi connectivity index (χ3n) is 6.29. The van der Waals surface area contributed by atoms with Gasteiger partial charge in [-0.1, -0.05) is 74.9 Å². The van der Waals surface area contributed by atoms with Gasteiger partial charge in [0, 0.05) is 11.3 Å². The normalized spacial score (nSPS) is 19.8. The van der Waals surface area contributed by atoms with Crippen LogP contribution in [0.25, 0.3) is 0 Å². The zero-order chi connectivity index (χ0) is 21.5. The van der Waals surface area contributed by atoms with Crippen LogP contribution in [0, 0.1) is 5.82 Å². The first-order valence-electron chi connectivity index (χ1n) is 11.7. The number of hydrogen-bond donors (Lipinski definition) is 1. The summed E-state index contributed by atoms with van der Waals surface area (Å²) in [7, 11) is -3.73. The maximum absolute atomic E-state index is 15.0. The molecule has 0 heterocycles. The second-order valence-electron chi connectivity index (χ2n) is 8.71. The monoisotopic (exact) mass is 445 g/mol. The van der Waals surface area contributed by atoms with Crippen LogP contribution < -0.4 is 5.32 Å². The van der Waals surface area contributed by atoms with E-state index in [0.29, 0.717) is 5.56 Å². The highest BCUT2D eigenvalue weighted by Gasteiger charge is 2.43. The van der Waals surface area contributed by atoms with Crippen molar-refractivity contribution < 1.29 is 18.0 Å². The Labute approximate surface area is 185 Å². The van der Waals surface area contributed by atoms with E-state index in [9.17, 15) is 8.96 Å². The topological polar surface area (TPSA) is 47.6 Å². The van der Waals surface area contributed by atoms with Crippen LogP contribution in [-0.4, -0.2) is 12.2 Å². The molecule has 0 radical (unpaired) electrons. The third kappa shape index (κ3) is 5.97. The smallest absolute Gasteiger partial charge is 0.357 e. The molecule has 0 unspecified atom stereocenters. The summed E-state index contributed by atoms with van der Waals surface area (Å²) in [5.41, 5.74) is 1.08. The van der Waals surface area contributed by atoms with Crippen molar-refractivity contribution in [3.8, 4) is 0 Å². The lowest BCUT2D eigenvalue weighted by Crippen LogP contribution is -2.25. The molecule has 0 bridgehead atoms. The molecule has 0 aliphatic heterocycles. The maximum Gasteiger partial charge on any atom is 0.357 e. The maximum atomic E-state index is 15.0. The molecular formula is C25H33FNO3P. The quantitative estimate of drug-likeness (QED) is 0.421. The Morgan fingerprint density at radius 1 is 0.774 bits per heavy atom. The summed E-state index contributed by atoms with van der Waals surface area (Å²) < 4.78 is 42.2. The molecule has 0 aromatic heterocycles. The third-order valence-corrected chi connectivity index (χ3v) is 8.51. The molecule has 0 saturated heterocycles. The fourth-order valence-electron chi connectivity index (χ4n) is 4.62. The van der Waals surface area contributed by atoms with Crippen molar-refractivity contribution in [3.05, 3.63) is 66.0 Å². The fourth-order valence-corrected chi connectivity index (χ4v) is 7.02. The van der Waals surface area contributed by atoms with Crippen molar-refractivity contribution in [3.63, 3.8) is 0 Å². The Morgan fingerprint density at radius 2 is 1.29 bits per heavy atom. The van der Waals surface area contributed by atoms with Gasteiger partial charge in [-0.05, 0) is 43.9 Å². The van der Waals surface area contributed by atoms with Gasteiger partial charge in [0.1, 0.15) is 5.82 Å². The average Bonchev–Trinajstić information content (AvgIpc) is 2.80. The molecule has 4 rings (SSSR count). The van der Waals surface area contributed by atoms with Gasteiger partial charge in [-0.2, -0.15) is 0 Å². The standard InChI is InChI=1S/C25H33FNO3P/c26-24-19-11-10-18-23(24)25(27-20-12-4-1-5-13-20)31(28,29-21-14-6-2-7-15-21)30-22-16-8-3-9-17-22/h1,4-5,10-13,18-19,21-22,25,27H,2-3,6-9,14-17H2/t25-/m0/s1. The zero-order valence-corrected chi connectivity index (χ0v) is 18.9. The van der Waals surface area contributed by atoms with Crippen molar-refractivity contribution in [2.24, 2.45) is 0 Å². The molecule has 2 aliphatic rings. The van der Waals surface area contributed by atoms with Gasteiger partial charge in [-0.15, -0.1) is 0 Å². The van der Waals surface area contributed by atoms with Crippen LogP contribution in [0.3, 0.4) is 0 Å². The average molecular weight is 446 g/mol. The van der Waals surface area contributed by atoms with Gasteiger partial charge in [0.05, 0.1) is 12.2 Å². The molecule has 6 heteroatoms. The Bertz CT molecular complexity index is 842. The van der Waals surface area contributed by atoms with E-state index < -0.39 is 19.2 Å². The summed E-state index contributed by atoms with van der Waals surface area (Å²) in [6, 6.07) is 16.0. The van der Waals surface area contributed by atoms with Crippen molar-refractivity contribution in [1.29, 1.82) is 0 Å². The van der Waals surface area contributed by atoms with Crippen LogP contribution in [-0.2, 0) is 13.6 Å². The molecular weight excluding hydrogens is 412 g/mol. The SMILES string of the molecule is O=P(OC1CCCCC1)(OC1CCCCC1)[C@H](Nc1ccccc1)c1ccccc1F. The van der Waals surface area contributed by atoms with Crippen LogP contribution in [0.5, 0.6) is 0 Å². The first-order chi connectivity index (χ1) is 15.1. The predicted molar refractivity (Wildman–Crippen MR) is 123 cm³/mol. The summed E-state index contributed by atoms with van der Waals surface area (Å²) in [6.45, 7) is 0. The minimum Gasteiger partial charge on any atom is -0.368 e. The first-order valence-corrected chi connectivity index (χ1v) is 13.3. The lowest BCUT2D eigenvalue weighted by atomic mass is 9.98. The highest BCUT2D eigenvalue weighted by Crippen LogP contribution is 2.64. The molecule has 4 nitrogen and oxygen atoms in total. The van der Waals surface area contributed by atoms with Crippen LogP contribution in [0.15, 0.2) is 54.6 Å². The van der Waals surface area contributed by atoms with Gasteiger partial charge in [-0.25, -0.2) is 4.39 Å². The van der Waals surface area contributed by atoms with Gasteiger partial charge < -0.3 is 14.4 Å². The minimum atomic E-state index is -3.73. The Hall–Kier alpha value is -1.68. The molecule has 0 spiro atoms. The van der Waals surface area contributed by atoms with E-state index in [4.69, 9.17) is 9.05 Å². The summed E-state index contributed by atoms with van der Waals surface area (Å²) in [4.78, 5) is 0. The second kappa shape index (κ2) is 10.8. The van der Waals surface area contributed by atoms with Crippen molar-refractivity contribution >= 4 is 13.3 Å². The Morgan fingerprint density at radius 3 is 1.84 bits per heavy atom. The molecule has 31 heavy (non-hydrogen) atoms. The number of anilines is 1. The largest absolute Gasteiger partial charge is 0.368 e. The summed E-state index contributed by atoms with van der Waals surface area (Å²) in [5.74, 6) is -1.31. The zero-order valence-electron chi connectivity index (χ0n) is 18.0. The predicted octanol–water partition coefficient (Wildman–Crippen LogP) is 7.83. The van der Waals surface area contributed by atoms with Crippen molar-refractivity contribution in [1.82, 2.24) is 0 Å². The van der Waals surface area contributed by atoms with Gasteiger partial charge in [0.25, 0.3) is 0 Å². The van der Waals surface area contributed by atoms with E-state index in [0.717, 1.165) is 57.1 Å². The Kier molecular flexibility index (Phi) is 7.81. The first kappa shape index (κ1) is 22.5. The highest BCUT2D eigenvalue weighted by molar-refractivity contribution is 7.54. The molecule has 168 valence electrons. The van der Waals surface area contributed by atoms with E-state index in [1.807, 2.05) is 30.3 Å².